The van der Waals surface area contributed by atoms with E-state index < -0.39 is 28.4 Å². The van der Waals surface area contributed by atoms with E-state index in [1.807, 2.05) is 19.9 Å². The molecule has 0 radical (unpaired) electrons. The first-order chi connectivity index (χ1) is 14.7. The zero-order chi connectivity index (χ0) is 22.6. The maximum Gasteiger partial charge on any atom is 0.264 e. The third kappa shape index (κ3) is 5.10. The largest absolute Gasteiger partial charge is 0.366 e. The molecular weight excluding hydrogens is 414 g/mol. The summed E-state index contributed by atoms with van der Waals surface area (Å²) in [6, 6.07) is 19.5. The summed E-state index contributed by atoms with van der Waals surface area (Å²) in [5, 5.41) is 2.60. The van der Waals surface area contributed by atoms with E-state index in [0.717, 1.165) is 15.4 Å². The zero-order valence-corrected chi connectivity index (χ0v) is 18.0. The molecule has 0 spiro atoms. The van der Waals surface area contributed by atoms with Crippen molar-refractivity contribution in [1.82, 2.24) is 0 Å². The van der Waals surface area contributed by atoms with Crippen molar-refractivity contribution >= 4 is 33.2 Å². The van der Waals surface area contributed by atoms with Gasteiger partial charge in [-0.05, 0) is 61.4 Å². The Kier molecular flexibility index (Phi) is 6.41. The lowest BCUT2D eigenvalue weighted by atomic mass is 10.1. The number of nitrogens with one attached hydrogen (secondary N) is 1. The zero-order valence-electron chi connectivity index (χ0n) is 17.2. The molecule has 0 unspecified atom stereocenters. The highest BCUT2D eigenvalue weighted by molar-refractivity contribution is 7.92. The SMILES string of the molecule is Cc1cc(C)cc(N(CC(=O)Nc2ccccc2C(N)=O)S(=O)(=O)c2ccccc2)c1. The number of nitrogens with zero attached hydrogens (tertiary/aromatic N) is 1. The van der Waals surface area contributed by atoms with Crippen molar-refractivity contribution in [2.75, 3.05) is 16.2 Å². The predicted molar refractivity (Wildman–Crippen MR) is 120 cm³/mol. The summed E-state index contributed by atoms with van der Waals surface area (Å²) >= 11 is 0. The molecule has 2 amide bonds. The number of carbonyl (C=O) groups is 2. The third-order valence-electron chi connectivity index (χ3n) is 4.58. The maximum atomic E-state index is 13.4. The standard InChI is InChI=1S/C23H23N3O4S/c1-16-12-17(2)14-18(13-16)26(31(29,30)19-8-4-3-5-9-19)15-22(27)25-21-11-7-6-10-20(21)23(24)28/h3-14H,15H2,1-2H3,(H2,24,28)(H,25,27). The number of carbonyl (C=O) groups excluding carboxylic acids is 2. The Balaban J connectivity index is 2.00. The summed E-state index contributed by atoms with van der Waals surface area (Å²) in [4.78, 5) is 24.5. The molecule has 0 aliphatic carbocycles. The van der Waals surface area contributed by atoms with E-state index in [9.17, 15) is 18.0 Å². The van der Waals surface area contributed by atoms with Gasteiger partial charge >= 0.3 is 0 Å². The minimum atomic E-state index is -4.02. The van der Waals surface area contributed by atoms with Crippen molar-refractivity contribution in [2.24, 2.45) is 5.73 Å². The predicted octanol–water partition coefficient (Wildman–Crippen LogP) is 3.24. The fraction of sp³-hybridized carbons (Fsp3) is 0.130. The first-order valence-corrected chi connectivity index (χ1v) is 11.0. The Morgan fingerprint density at radius 3 is 2.10 bits per heavy atom. The summed E-state index contributed by atoms with van der Waals surface area (Å²) in [6.45, 7) is 3.23. The number of amides is 2. The molecule has 0 aromatic heterocycles. The third-order valence-corrected chi connectivity index (χ3v) is 6.37. The molecule has 3 aromatic rings. The van der Waals surface area contributed by atoms with Gasteiger partial charge in [0.2, 0.25) is 5.91 Å². The van der Waals surface area contributed by atoms with Gasteiger partial charge in [0.1, 0.15) is 6.54 Å². The van der Waals surface area contributed by atoms with E-state index in [0.29, 0.717) is 5.69 Å². The minimum absolute atomic E-state index is 0.0690. The van der Waals surface area contributed by atoms with Gasteiger partial charge in [-0.25, -0.2) is 8.42 Å². The van der Waals surface area contributed by atoms with Crippen LogP contribution in [-0.4, -0.2) is 26.8 Å². The van der Waals surface area contributed by atoms with Crippen LogP contribution < -0.4 is 15.4 Å². The van der Waals surface area contributed by atoms with Crippen LogP contribution in [0, 0.1) is 13.8 Å². The Morgan fingerprint density at radius 1 is 0.903 bits per heavy atom. The maximum absolute atomic E-state index is 13.4. The highest BCUT2D eigenvalue weighted by Crippen LogP contribution is 2.26. The van der Waals surface area contributed by atoms with Gasteiger partial charge < -0.3 is 11.1 Å². The monoisotopic (exact) mass is 437 g/mol. The molecule has 3 N–H and O–H groups in total. The van der Waals surface area contributed by atoms with Gasteiger partial charge in [0, 0.05) is 0 Å². The van der Waals surface area contributed by atoms with Crippen molar-refractivity contribution in [3.05, 3.63) is 89.5 Å². The molecule has 0 atom stereocenters. The molecule has 0 aliphatic rings. The van der Waals surface area contributed by atoms with Gasteiger partial charge in [-0.15, -0.1) is 0 Å². The van der Waals surface area contributed by atoms with Crippen LogP contribution in [0.4, 0.5) is 11.4 Å². The lowest BCUT2D eigenvalue weighted by Crippen LogP contribution is -2.38. The van der Waals surface area contributed by atoms with Gasteiger partial charge in [0.15, 0.2) is 0 Å². The minimum Gasteiger partial charge on any atom is -0.366 e. The molecule has 0 aliphatic heterocycles. The Bertz CT molecular complexity index is 1200. The smallest absolute Gasteiger partial charge is 0.264 e. The molecule has 160 valence electrons. The lowest BCUT2D eigenvalue weighted by Gasteiger charge is -2.25. The number of benzene rings is 3. The van der Waals surface area contributed by atoms with Crippen molar-refractivity contribution in [2.45, 2.75) is 18.7 Å². The second-order valence-electron chi connectivity index (χ2n) is 7.13. The average molecular weight is 438 g/mol. The second kappa shape index (κ2) is 9.01. The average Bonchev–Trinajstić information content (AvgIpc) is 2.72. The highest BCUT2D eigenvalue weighted by Gasteiger charge is 2.27. The fourth-order valence-corrected chi connectivity index (χ4v) is 4.68. The van der Waals surface area contributed by atoms with Crippen LogP contribution in [0.5, 0.6) is 0 Å². The van der Waals surface area contributed by atoms with Gasteiger partial charge in [-0.3, -0.25) is 13.9 Å². The molecule has 8 heteroatoms. The van der Waals surface area contributed by atoms with E-state index in [1.165, 1.54) is 24.3 Å². The Hall–Kier alpha value is -3.65. The number of rotatable bonds is 7. The molecule has 0 fully saturated rings. The number of primary amides is 1. The lowest BCUT2D eigenvalue weighted by molar-refractivity contribution is -0.114. The van der Waals surface area contributed by atoms with Crippen LogP contribution in [0.15, 0.2) is 77.7 Å². The molecule has 7 nitrogen and oxygen atoms in total. The number of nitrogens with two attached hydrogens (primary N) is 1. The Labute approximate surface area is 181 Å². The summed E-state index contributed by atoms with van der Waals surface area (Å²) in [5.41, 5.74) is 7.83. The summed E-state index contributed by atoms with van der Waals surface area (Å²) in [6.07, 6.45) is 0. The number of aryl methyl sites for hydroxylation is 2. The first-order valence-electron chi connectivity index (χ1n) is 9.53. The first kappa shape index (κ1) is 22.0. The van der Waals surface area contributed by atoms with Gasteiger partial charge in [-0.1, -0.05) is 36.4 Å². The number of hydrogen-bond acceptors (Lipinski definition) is 4. The summed E-state index contributed by atoms with van der Waals surface area (Å²) < 4.78 is 27.8. The van der Waals surface area contributed by atoms with E-state index in [2.05, 4.69) is 5.32 Å². The second-order valence-corrected chi connectivity index (χ2v) is 8.99. The highest BCUT2D eigenvalue weighted by atomic mass is 32.2. The molecule has 3 rings (SSSR count). The van der Waals surface area contributed by atoms with Crippen LogP contribution in [0.2, 0.25) is 0 Å². The molecule has 3 aromatic carbocycles. The summed E-state index contributed by atoms with van der Waals surface area (Å²) in [5.74, 6) is -1.30. The van der Waals surface area contributed by atoms with Crippen LogP contribution in [0.3, 0.4) is 0 Å². The molecule has 0 saturated carbocycles. The topological polar surface area (TPSA) is 110 Å². The van der Waals surface area contributed by atoms with Crippen LogP contribution in [0.1, 0.15) is 21.5 Å². The van der Waals surface area contributed by atoms with Crippen molar-refractivity contribution < 1.29 is 18.0 Å². The summed E-state index contributed by atoms with van der Waals surface area (Å²) in [7, 11) is -4.02. The quantitative estimate of drug-likeness (QED) is 0.591. The van der Waals surface area contributed by atoms with Crippen LogP contribution in [0.25, 0.3) is 0 Å². The van der Waals surface area contributed by atoms with Crippen LogP contribution >= 0.6 is 0 Å². The molecule has 0 bridgehead atoms. The fourth-order valence-electron chi connectivity index (χ4n) is 3.26. The van der Waals surface area contributed by atoms with E-state index in [1.54, 1.807) is 42.5 Å². The molecule has 0 saturated heterocycles. The van der Waals surface area contributed by atoms with Gasteiger partial charge in [0.05, 0.1) is 21.8 Å². The normalized spacial score (nSPS) is 11.0. The molecular formula is C23H23N3O4S. The van der Waals surface area contributed by atoms with Crippen molar-refractivity contribution in [1.29, 1.82) is 0 Å². The molecule has 0 heterocycles. The number of sulfonamides is 1. The van der Waals surface area contributed by atoms with Crippen LogP contribution in [-0.2, 0) is 14.8 Å². The van der Waals surface area contributed by atoms with Crippen molar-refractivity contribution in [3.63, 3.8) is 0 Å². The number of para-hydroxylation sites is 1. The number of anilines is 2. The number of hydrogen-bond donors (Lipinski definition) is 2. The van der Waals surface area contributed by atoms with Gasteiger partial charge in [-0.2, -0.15) is 0 Å². The van der Waals surface area contributed by atoms with Gasteiger partial charge in [0.25, 0.3) is 15.9 Å². The molecule has 31 heavy (non-hydrogen) atoms. The van der Waals surface area contributed by atoms with E-state index >= 15 is 0 Å². The Morgan fingerprint density at radius 2 is 1.48 bits per heavy atom. The van der Waals surface area contributed by atoms with Crippen molar-refractivity contribution in [3.8, 4) is 0 Å². The van der Waals surface area contributed by atoms with E-state index in [-0.39, 0.29) is 16.1 Å². The van der Waals surface area contributed by atoms with E-state index in [4.69, 9.17) is 5.73 Å².